The van der Waals surface area contributed by atoms with Crippen molar-refractivity contribution in [2.75, 3.05) is 20.3 Å². The van der Waals surface area contributed by atoms with Gasteiger partial charge in [-0.15, -0.1) is 0 Å². The van der Waals surface area contributed by atoms with Gasteiger partial charge in [-0.2, -0.15) is 0 Å². The van der Waals surface area contributed by atoms with Gasteiger partial charge in [0.05, 0.1) is 19.3 Å². The van der Waals surface area contributed by atoms with E-state index in [9.17, 15) is 0 Å². The Labute approximate surface area is 96.9 Å². The Morgan fingerprint density at radius 1 is 1.25 bits per heavy atom. The number of benzene rings is 1. The fraction of sp³-hybridized carbons (Fsp3) is 0.429. The second-order valence-electron chi connectivity index (χ2n) is 4.06. The maximum absolute atomic E-state index is 5.83. The number of ether oxygens (including phenoxy) is 2. The van der Waals surface area contributed by atoms with Gasteiger partial charge in [-0.1, -0.05) is 30.3 Å². The van der Waals surface area contributed by atoms with Crippen molar-refractivity contribution in [3.8, 4) is 0 Å². The zero-order valence-electron chi connectivity index (χ0n) is 9.90. The molecule has 1 aromatic rings. The normalized spacial score (nSPS) is 19.1. The third-order valence-electron chi connectivity index (χ3n) is 2.98. The minimum atomic E-state index is 0.190. The van der Waals surface area contributed by atoms with Crippen LogP contribution >= 0.6 is 0 Å². The zero-order chi connectivity index (χ0) is 11.4. The molecule has 16 heavy (non-hydrogen) atoms. The second kappa shape index (κ2) is 5.28. The van der Waals surface area contributed by atoms with Gasteiger partial charge in [0.25, 0.3) is 0 Å². The number of fused-ring (bicyclic) bond motifs is 1. The molecule has 0 heterocycles. The predicted octanol–water partition coefficient (Wildman–Crippen LogP) is 3.20. The lowest BCUT2D eigenvalue weighted by Crippen LogP contribution is -2.12. The van der Waals surface area contributed by atoms with E-state index in [2.05, 4.69) is 37.3 Å². The topological polar surface area (TPSA) is 18.5 Å². The van der Waals surface area contributed by atoms with E-state index < -0.39 is 0 Å². The Kier molecular flexibility index (Phi) is 3.75. The summed E-state index contributed by atoms with van der Waals surface area (Å²) in [6, 6.07) is 8.47. The molecule has 0 saturated heterocycles. The minimum absolute atomic E-state index is 0.190. The average Bonchev–Trinajstić information content (AvgIpc) is 2.33. The lowest BCUT2D eigenvalue weighted by Gasteiger charge is -2.24. The van der Waals surface area contributed by atoms with Gasteiger partial charge < -0.3 is 9.47 Å². The van der Waals surface area contributed by atoms with Crippen LogP contribution in [0, 0.1) is 0 Å². The lowest BCUT2D eigenvalue weighted by atomic mass is 9.90. The van der Waals surface area contributed by atoms with E-state index in [4.69, 9.17) is 9.47 Å². The first-order valence-electron chi connectivity index (χ1n) is 5.69. The average molecular weight is 218 g/mol. The van der Waals surface area contributed by atoms with Crippen molar-refractivity contribution < 1.29 is 9.47 Å². The first kappa shape index (κ1) is 11.4. The van der Waals surface area contributed by atoms with Crippen molar-refractivity contribution in [1.29, 1.82) is 0 Å². The van der Waals surface area contributed by atoms with Crippen LogP contribution in [0.25, 0.3) is 5.57 Å². The molecule has 0 aromatic heterocycles. The van der Waals surface area contributed by atoms with Gasteiger partial charge in [-0.25, -0.2) is 0 Å². The SMILES string of the molecule is COCCOC1CC=C(C)c2ccccc21. The monoisotopic (exact) mass is 218 g/mol. The number of hydrogen-bond acceptors (Lipinski definition) is 2. The van der Waals surface area contributed by atoms with Gasteiger partial charge in [0.15, 0.2) is 0 Å². The standard InChI is InChI=1S/C14H18O2/c1-11-7-8-14(16-10-9-15-2)13-6-4-3-5-12(11)13/h3-7,14H,8-10H2,1-2H3. The molecule has 0 radical (unpaired) electrons. The predicted molar refractivity (Wildman–Crippen MR) is 65.3 cm³/mol. The smallest absolute Gasteiger partial charge is 0.0866 e. The van der Waals surface area contributed by atoms with Crippen LogP contribution in [0.15, 0.2) is 30.3 Å². The van der Waals surface area contributed by atoms with Crippen LogP contribution < -0.4 is 0 Å². The highest BCUT2D eigenvalue weighted by molar-refractivity contribution is 5.68. The van der Waals surface area contributed by atoms with E-state index in [-0.39, 0.29) is 6.10 Å². The molecule has 2 nitrogen and oxygen atoms in total. The molecule has 0 fully saturated rings. The molecule has 1 aromatic carbocycles. The molecule has 86 valence electrons. The highest BCUT2D eigenvalue weighted by Gasteiger charge is 2.19. The first-order valence-corrected chi connectivity index (χ1v) is 5.69. The second-order valence-corrected chi connectivity index (χ2v) is 4.06. The third kappa shape index (κ3) is 2.34. The number of rotatable bonds is 4. The van der Waals surface area contributed by atoms with Crippen molar-refractivity contribution in [3.63, 3.8) is 0 Å². The largest absolute Gasteiger partial charge is 0.382 e. The summed E-state index contributed by atoms with van der Waals surface area (Å²) in [6.45, 7) is 3.47. The summed E-state index contributed by atoms with van der Waals surface area (Å²) in [5, 5.41) is 0. The molecule has 0 bridgehead atoms. The number of allylic oxidation sites excluding steroid dienone is 1. The Balaban J connectivity index is 2.13. The maximum Gasteiger partial charge on any atom is 0.0866 e. The molecular formula is C14H18O2. The summed E-state index contributed by atoms with van der Waals surface area (Å²) in [4.78, 5) is 0. The van der Waals surface area contributed by atoms with Crippen LogP contribution in [-0.4, -0.2) is 20.3 Å². The summed E-state index contributed by atoms with van der Waals surface area (Å²) in [6.07, 6.45) is 3.40. The molecule has 1 aliphatic carbocycles. The van der Waals surface area contributed by atoms with Crippen molar-refractivity contribution >= 4 is 5.57 Å². The molecule has 1 aliphatic rings. The third-order valence-corrected chi connectivity index (χ3v) is 2.98. The molecule has 0 spiro atoms. The summed E-state index contributed by atoms with van der Waals surface area (Å²) >= 11 is 0. The van der Waals surface area contributed by atoms with Gasteiger partial charge in [0.2, 0.25) is 0 Å². The van der Waals surface area contributed by atoms with Gasteiger partial charge in [-0.05, 0) is 30.0 Å². The maximum atomic E-state index is 5.83. The van der Waals surface area contributed by atoms with E-state index >= 15 is 0 Å². The summed E-state index contributed by atoms with van der Waals surface area (Å²) < 4.78 is 10.8. The molecule has 1 unspecified atom stereocenters. The summed E-state index contributed by atoms with van der Waals surface area (Å²) in [5.74, 6) is 0. The van der Waals surface area contributed by atoms with E-state index in [0.29, 0.717) is 13.2 Å². The van der Waals surface area contributed by atoms with Crippen LogP contribution in [-0.2, 0) is 9.47 Å². The molecule has 0 N–H and O–H groups in total. The molecule has 2 rings (SSSR count). The van der Waals surface area contributed by atoms with E-state index in [1.807, 2.05) is 0 Å². The Hall–Kier alpha value is -1.12. The molecule has 0 saturated carbocycles. The molecule has 0 amide bonds. The molecule has 0 aliphatic heterocycles. The summed E-state index contributed by atoms with van der Waals surface area (Å²) in [5.41, 5.74) is 3.97. The number of hydrogen-bond donors (Lipinski definition) is 0. The molecule has 2 heteroatoms. The van der Waals surface area contributed by atoms with Crippen LogP contribution in [0.2, 0.25) is 0 Å². The fourth-order valence-electron chi connectivity index (χ4n) is 2.09. The van der Waals surface area contributed by atoms with E-state index in [1.54, 1.807) is 7.11 Å². The summed E-state index contributed by atoms with van der Waals surface area (Å²) in [7, 11) is 1.70. The van der Waals surface area contributed by atoms with Crippen LogP contribution in [0.3, 0.4) is 0 Å². The van der Waals surface area contributed by atoms with Crippen LogP contribution in [0.1, 0.15) is 30.6 Å². The molecular weight excluding hydrogens is 200 g/mol. The van der Waals surface area contributed by atoms with Crippen molar-refractivity contribution in [2.24, 2.45) is 0 Å². The van der Waals surface area contributed by atoms with E-state index in [1.165, 1.54) is 16.7 Å². The lowest BCUT2D eigenvalue weighted by molar-refractivity contribution is 0.0170. The van der Waals surface area contributed by atoms with Crippen molar-refractivity contribution in [2.45, 2.75) is 19.4 Å². The first-order chi connectivity index (χ1) is 7.83. The minimum Gasteiger partial charge on any atom is -0.382 e. The van der Waals surface area contributed by atoms with Crippen molar-refractivity contribution in [3.05, 3.63) is 41.5 Å². The quantitative estimate of drug-likeness (QED) is 0.722. The van der Waals surface area contributed by atoms with Gasteiger partial charge in [-0.3, -0.25) is 0 Å². The highest BCUT2D eigenvalue weighted by atomic mass is 16.5. The molecule has 1 atom stereocenters. The van der Waals surface area contributed by atoms with E-state index in [0.717, 1.165) is 6.42 Å². The van der Waals surface area contributed by atoms with Crippen LogP contribution in [0.4, 0.5) is 0 Å². The van der Waals surface area contributed by atoms with Crippen LogP contribution in [0.5, 0.6) is 0 Å². The van der Waals surface area contributed by atoms with Crippen molar-refractivity contribution in [1.82, 2.24) is 0 Å². The zero-order valence-corrected chi connectivity index (χ0v) is 9.90. The Morgan fingerprint density at radius 3 is 2.88 bits per heavy atom. The fourth-order valence-corrected chi connectivity index (χ4v) is 2.09. The Bertz CT molecular complexity index is 382. The number of methoxy groups -OCH3 is 1. The highest BCUT2D eigenvalue weighted by Crippen LogP contribution is 2.34. The van der Waals surface area contributed by atoms with Gasteiger partial charge >= 0.3 is 0 Å². The van der Waals surface area contributed by atoms with Gasteiger partial charge in [0, 0.05) is 7.11 Å². The Morgan fingerprint density at radius 2 is 2.06 bits per heavy atom. The van der Waals surface area contributed by atoms with Gasteiger partial charge in [0.1, 0.15) is 0 Å².